The van der Waals surface area contributed by atoms with Crippen molar-refractivity contribution in [3.63, 3.8) is 0 Å². The van der Waals surface area contributed by atoms with Crippen LogP contribution in [0.5, 0.6) is 0 Å². The molecule has 0 aromatic carbocycles. The highest BCUT2D eigenvalue weighted by atomic mass is 16.7. The molecule has 67 heavy (non-hydrogen) atoms. The molecule has 7 aliphatic heterocycles. The fourth-order valence-corrected chi connectivity index (χ4v) is 11.7. The van der Waals surface area contributed by atoms with Gasteiger partial charge in [0.25, 0.3) is 0 Å². The van der Waals surface area contributed by atoms with E-state index in [0.29, 0.717) is 74.9 Å². The van der Waals surface area contributed by atoms with Gasteiger partial charge in [-0.3, -0.25) is 0 Å². The number of ether oxygens (including phenoxy) is 8. The summed E-state index contributed by atoms with van der Waals surface area (Å²) in [6, 6.07) is 0. The lowest BCUT2D eigenvalue weighted by atomic mass is 9.79. The first kappa shape index (κ1) is 52.5. The van der Waals surface area contributed by atoms with Crippen molar-refractivity contribution < 1.29 is 68.2 Å². The molecule has 6 fully saturated rings. The highest BCUT2D eigenvalue weighted by molar-refractivity contribution is 5.78. The van der Waals surface area contributed by atoms with E-state index in [1.165, 1.54) is 6.92 Å². The molecule has 7 rings (SSSR count). The van der Waals surface area contributed by atoms with Crippen molar-refractivity contribution in [2.75, 3.05) is 19.8 Å². The summed E-state index contributed by atoms with van der Waals surface area (Å²) in [5.41, 5.74) is 1.25. The summed E-state index contributed by atoms with van der Waals surface area (Å²) in [5, 5.41) is 54.9. The van der Waals surface area contributed by atoms with E-state index in [2.05, 4.69) is 40.0 Å². The smallest absolute Gasteiger partial charge is 0.338 e. The molecular weight excluding hydrogens is 861 g/mol. The van der Waals surface area contributed by atoms with Gasteiger partial charge in [0.05, 0.1) is 43.2 Å². The molecule has 378 valence electrons. The van der Waals surface area contributed by atoms with Crippen LogP contribution in [0.15, 0.2) is 59.8 Å². The van der Waals surface area contributed by atoms with Gasteiger partial charge in [-0.25, -0.2) is 4.79 Å². The van der Waals surface area contributed by atoms with Crippen molar-refractivity contribution in [3.8, 4) is 0 Å². The van der Waals surface area contributed by atoms with Crippen molar-refractivity contribution in [1.29, 1.82) is 0 Å². The summed E-state index contributed by atoms with van der Waals surface area (Å²) in [5.74, 6) is -3.33. The molecule has 6 saturated heterocycles. The van der Waals surface area contributed by atoms with Crippen LogP contribution < -0.4 is 0 Å². The number of hydrogen-bond donors (Lipinski definition) is 5. The third-order valence-corrected chi connectivity index (χ3v) is 15.5. The van der Waals surface area contributed by atoms with Crippen LogP contribution in [0.25, 0.3) is 0 Å². The van der Waals surface area contributed by atoms with Crippen LogP contribution in [-0.2, 0) is 42.7 Å². The van der Waals surface area contributed by atoms with Crippen LogP contribution in [-0.4, -0.2) is 135 Å². The van der Waals surface area contributed by atoms with Crippen molar-refractivity contribution >= 4 is 5.97 Å². The van der Waals surface area contributed by atoms with E-state index in [0.717, 1.165) is 56.3 Å². The Bertz CT molecular complexity index is 1820. The number of hydrogen-bond acceptors (Lipinski definition) is 14. The minimum absolute atomic E-state index is 0.0407. The number of rotatable bonds is 16. The Morgan fingerprint density at radius 2 is 1.78 bits per heavy atom. The van der Waals surface area contributed by atoms with Crippen LogP contribution >= 0.6 is 0 Å². The lowest BCUT2D eigenvalue weighted by Crippen LogP contribution is -2.60. The summed E-state index contributed by atoms with van der Waals surface area (Å²) < 4.78 is 51.2. The molecule has 7 heterocycles. The van der Waals surface area contributed by atoms with Crippen molar-refractivity contribution in [2.45, 2.75) is 228 Å². The molecular formula is C53H82O14. The first-order valence-electron chi connectivity index (χ1n) is 25.4. The van der Waals surface area contributed by atoms with Crippen LogP contribution in [0.2, 0.25) is 0 Å². The second-order valence-corrected chi connectivity index (χ2v) is 21.6. The Labute approximate surface area is 398 Å². The van der Waals surface area contributed by atoms with Gasteiger partial charge in [-0.15, -0.1) is 0 Å². The van der Waals surface area contributed by atoms with E-state index in [1.54, 1.807) is 0 Å². The third-order valence-electron chi connectivity index (χ3n) is 15.5. The monoisotopic (exact) mass is 943 g/mol. The van der Waals surface area contributed by atoms with Gasteiger partial charge in [-0.2, -0.15) is 0 Å². The van der Waals surface area contributed by atoms with E-state index in [9.17, 15) is 25.2 Å². The molecule has 7 aliphatic rings. The molecule has 3 spiro atoms. The molecule has 0 saturated carbocycles. The first-order valence-corrected chi connectivity index (χ1v) is 25.4. The van der Waals surface area contributed by atoms with Gasteiger partial charge in [-0.05, 0) is 120 Å². The summed E-state index contributed by atoms with van der Waals surface area (Å²) in [6.45, 7) is 20.7. The van der Waals surface area contributed by atoms with E-state index < -0.39 is 71.7 Å². The van der Waals surface area contributed by atoms with Crippen LogP contribution in [0.1, 0.15) is 144 Å². The number of aliphatic hydroxyl groups is 5. The zero-order chi connectivity index (χ0) is 48.3. The normalized spacial score (nSPS) is 40.6. The Balaban J connectivity index is 0.892. The third kappa shape index (κ3) is 12.4. The zero-order valence-electron chi connectivity index (χ0n) is 41.1. The maximum atomic E-state index is 13.1. The van der Waals surface area contributed by atoms with E-state index in [-0.39, 0.29) is 49.8 Å². The summed E-state index contributed by atoms with van der Waals surface area (Å²) in [4.78, 5) is 13.1. The highest BCUT2D eigenvalue weighted by Crippen LogP contribution is 2.47. The minimum atomic E-state index is -1.85. The Morgan fingerprint density at radius 1 is 1.01 bits per heavy atom. The van der Waals surface area contributed by atoms with Crippen molar-refractivity contribution in [2.24, 2.45) is 17.8 Å². The number of allylic oxidation sites excluding steroid dienone is 1. The number of fused-ring (bicyclic) bond motifs is 1. The van der Waals surface area contributed by atoms with Crippen molar-refractivity contribution in [3.05, 3.63) is 59.8 Å². The molecule has 0 aromatic heterocycles. The molecule has 0 bridgehead atoms. The molecule has 17 atom stereocenters. The molecule has 0 amide bonds. The topological polar surface area (TPSA) is 192 Å². The minimum Gasteiger partial charge on any atom is -0.459 e. The molecule has 5 N–H and O–H groups in total. The first-order chi connectivity index (χ1) is 31.8. The average Bonchev–Trinajstić information content (AvgIpc) is 3.68. The molecule has 0 aromatic rings. The van der Waals surface area contributed by atoms with Gasteiger partial charge in [-0.1, -0.05) is 63.3 Å². The van der Waals surface area contributed by atoms with Crippen LogP contribution in [0.4, 0.5) is 0 Å². The van der Waals surface area contributed by atoms with Gasteiger partial charge >= 0.3 is 5.97 Å². The standard InChI is InChI=1S/C53H82O14/c1-32(12-11-24-54)26-34(3)31-60-49(58)50(8,59)30-40-15-16-44(56)53(64-40)29-33(2)27-43(65-53)35(4)13-14-39-18-22-52(63-39)23-19-42-48(67-52)45(57)38(7)47(62-42)41(55)28-37(6)46-36(5)17-21-51(66-46)20-9-10-25-61-51/h12-14,29,35-37,39-48,54-57,59H,3,7,9-11,15-28,30-31H2,1-2,4-6,8H3/b14-13+,32-12+/t35-,36-,37+,39?,40+,41+,42-,43+,44-,45-,46?,47+,48-,50-,51+,52-,53-/m1/s1. The summed E-state index contributed by atoms with van der Waals surface area (Å²) in [7, 11) is 0. The predicted molar refractivity (Wildman–Crippen MR) is 250 cm³/mol. The van der Waals surface area contributed by atoms with Crippen LogP contribution in [0.3, 0.4) is 0 Å². The predicted octanol–water partition coefficient (Wildman–Crippen LogP) is 6.95. The lowest BCUT2D eigenvalue weighted by molar-refractivity contribution is -0.321. The zero-order valence-corrected chi connectivity index (χ0v) is 41.1. The Kier molecular flexibility index (Phi) is 17.2. The molecule has 14 heteroatoms. The number of carbonyl (C=O) groups is 1. The second-order valence-electron chi connectivity index (χ2n) is 21.6. The number of aliphatic hydroxyl groups excluding tert-OH is 4. The highest BCUT2D eigenvalue weighted by Gasteiger charge is 2.55. The Morgan fingerprint density at radius 3 is 2.52 bits per heavy atom. The largest absolute Gasteiger partial charge is 0.459 e. The van der Waals surface area contributed by atoms with E-state index in [4.69, 9.17) is 43.0 Å². The fourth-order valence-electron chi connectivity index (χ4n) is 11.7. The maximum Gasteiger partial charge on any atom is 0.338 e. The molecule has 0 radical (unpaired) electrons. The van der Waals surface area contributed by atoms with Gasteiger partial charge < -0.3 is 63.4 Å². The van der Waals surface area contributed by atoms with Gasteiger partial charge in [0.15, 0.2) is 17.2 Å². The average molecular weight is 943 g/mol. The summed E-state index contributed by atoms with van der Waals surface area (Å²) >= 11 is 0. The summed E-state index contributed by atoms with van der Waals surface area (Å²) in [6.07, 6.45) is 12.4. The quantitative estimate of drug-likeness (QED) is 0.0789. The van der Waals surface area contributed by atoms with E-state index in [1.807, 2.05) is 32.1 Å². The number of carbonyl (C=O) groups excluding carboxylic acids is 1. The fraction of sp³-hybridized carbons (Fsp3) is 0.792. The SMILES string of the molecule is C=C(COC(=O)[C@](C)(O)C[C@@H]1CC[C@@H](O)[C@]2(C=C(C)C[C@@H]([C@H](C)/C=C/C3CC[C@@]4(CC[C@H]5O[C@H]([C@@H](O)C[C@H](C)C6O[C@@]7(CCCCO7)CC[C@H]6C)C(=C)[C@@H](O)[C@@H]5O4)O3)O2)O1)C/C(C)=C/CCO. The maximum absolute atomic E-state index is 13.1. The van der Waals surface area contributed by atoms with Gasteiger partial charge in [0.1, 0.15) is 31.0 Å². The Hall–Kier alpha value is -2.31. The van der Waals surface area contributed by atoms with Crippen molar-refractivity contribution in [1.82, 2.24) is 0 Å². The van der Waals surface area contributed by atoms with Crippen LogP contribution in [0, 0.1) is 17.8 Å². The molecule has 0 aliphatic carbocycles. The lowest BCUT2D eigenvalue weighted by Gasteiger charge is -2.50. The van der Waals surface area contributed by atoms with E-state index >= 15 is 0 Å². The molecule has 2 unspecified atom stereocenters. The molecule has 14 nitrogen and oxygen atoms in total. The van der Waals surface area contributed by atoms with Gasteiger partial charge in [0.2, 0.25) is 5.79 Å². The number of esters is 1. The second kappa shape index (κ2) is 22.0. The van der Waals surface area contributed by atoms with Gasteiger partial charge in [0, 0.05) is 44.6 Å².